The molecule has 0 bridgehead atoms. The fourth-order valence-electron chi connectivity index (χ4n) is 0.0645. The minimum atomic E-state index is -0.361. The van der Waals surface area contributed by atoms with Gasteiger partial charge in [0.2, 0.25) is 14.0 Å². The molecule has 0 aromatic heterocycles. The third-order valence-electron chi connectivity index (χ3n) is 0.404. The van der Waals surface area contributed by atoms with E-state index in [9.17, 15) is 9.36 Å². The van der Waals surface area contributed by atoms with Crippen molar-refractivity contribution in [2.75, 3.05) is 0 Å². The van der Waals surface area contributed by atoms with Gasteiger partial charge in [0.15, 0.2) is 0 Å². The third-order valence-corrected chi connectivity index (χ3v) is 0.924. The van der Waals surface area contributed by atoms with E-state index < -0.39 is 0 Å². The molecule has 0 saturated heterocycles. The predicted octanol–water partition coefficient (Wildman–Crippen LogP) is 1.21. The van der Waals surface area contributed by atoms with Gasteiger partial charge >= 0.3 is 0 Å². The first-order chi connectivity index (χ1) is 2.81. The zero-order valence-electron chi connectivity index (χ0n) is 3.47. The van der Waals surface area contributed by atoms with E-state index in [1.165, 1.54) is 0 Å². The van der Waals surface area contributed by atoms with Crippen molar-refractivity contribution in [1.29, 1.82) is 0 Å². The Bertz CT molecular complexity index is 69.2. The molecule has 0 aliphatic carbocycles. The first kappa shape index (κ1) is 5.77. The van der Waals surface area contributed by atoms with Crippen LogP contribution in [0.2, 0.25) is 0 Å². The molecular formula is C3H5O2P. The van der Waals surface area contributed by atoms with Gasteiger partial charge < -0.3 is 0 Å². The van der Waals surface area contributed by atoms with E-state index in [1.807, 2.05) is 0 Å². The summed E-state index contributed by atoms with van der Waals surface area (Å²) in [4.78, 5) is 9.86. The van der Waals surface area contributed by atoms with Crippen molar-refractivity contribution in [2.24, 2.45) is 0 Å². The Balaban J connectivity index is 3.23. The van der Waals surface area contributed by atoms with Crippen molar-refractivity contribution in [2.45, 2.75) is 13.3 Å². The van der Waals surface area contributed by atoms with Crippen molar-refractivity contribution in [1.82, 2.24) is 0 Å². The molecule has 0 saturated carbocycles. The number of rotatable bonds is 2. The molecule has 0 fully saturated rings. The molecule has 0 unspecified atom stereocenters. The number of hydrogen-bond donors (Lipinski definition) is 0. The van der Waals surface area contributed by atoms with Crippen LogP contribution in [0, 0.1) is 0 Å². The minimum Gasteiger partial charge on any atom is -0.286 e. The van der Waals surface area contributed by atoms with Crippen LogP contribution in [-0.2, 0) is 9.36 Å². The van der Waals surface area contributed by atoms with Gasteiger partial charge in [0.1, 0.15) is 0 Å². The zero-order valence-corrected chi connectivity index (χ0v) is 4.37. The molecular weight excluding hydrogens is 99.0 g/mol. The Morgan fingerprint density at radius 2 is 2.33 bits per heavy atom. The van der Waals surface area contributed by atoms with Gasteiger partial charge in [0.05, 0.1) is 0 Å². The second-order valence-electron chi connectivity index (χ2n) is 0.839. The van der Waals surface area contributed by atoms with Crippen LogP contribution in [0.1, 0.15) is 13.3 Å². The van der Waals surface area contributed by atoms with Crippen LogP contribution < -0.4 is 0 Å². The van der Waals surface area contributed by atoms with Crippen LogP contribution >= 0.6 is 8.46 Å². The summed E-state index contributed by atoms with van der Waals surface area (Å²) < 4.78 is 9.48. The van der Waals surface area contributed by atoms with E-state index in [2.05, 4.69) is 0 Å². The van der Waals surface area contributed by atoms with Gasteiger partial charge in [-0.1, -0.05) is 6.92 Å². The lowest BCUT2D eigenvalue weighted by Crippen LogP contribution is -1.75. The summed E-state index contributed by atoms with van der Waals surface area (Å²) in [6.45, 7) is 1.67. The Hall–Kier alpha value is -0.230. The topological polar surface area (TPSA) is 34.1 Å². The highest BCUT2D eigenvalue weighted by molar-refractivity contribution is 7.46. The van der Waals surface area contributed by atoms with Crippen LogP contribution in [0.3, 0.4) is 0 Å². The van der Waals surface area contributed by atoms with Gasteiger partial charge in [-0.15, -0.1) is 0 Å². The summed E-state index contributed by atoms with van der Waals surface area (Å²) in [6, 6.07) is 0. The standard InChI is InChI=1S/C3H5O2P/c1-2-3(4)6-5/h2H2,1H3. The van der Waals surface area contributed by atoms with Gasteiger partial charge in [-0.05, 0) is 0 Å². The second kappa shape index (κ2) is 2.98. The molecule has 0 aromatic rings. The average molecular weight is 104 g/mol. The van der Waals surface area contributed by atoms with Gasteiger partial charge in [-0.3, -0.25) is 9.36 Å². The molecule has 0 atom stereocenters. The molecule has 3 heteroatoms. The SMILES string of the molecule is CCC(=O)P=O. The summed E-state index contributed by atoms with van der Waals surface area (Å²) in [5.74, 6) is 0. The Morgan fingerprint density at radius 1 is 1.83 bits per heavy atom. The van der Waals surface area contributed by atoms with E-state index in [1.54, 1.807) is 6.92 Å². The molecule has 0 heterocycles. The van der Waals surface area contributed by atoms with Crippen LogP contribution in [0.25, 0.3) is 0 Å². The Labute approximate surface area is 37.8 Å². The normalized spacial score (nSPS) is 8.83. The fraction of sp³-hybridized carbons (Fsp3) is 0.667. The van der Waals surface area contributed by atoms with Crippen molar-refractivity contribution >= 4 is 14.0 Å². The predicted molar refractivity (Wildman–Crippen MR) is 22.9 cm³/mol. The molecule has 0 aromatic carbocycles. The lowest BCUT2D eigenvalue weighted by atomic mass is 10.6. The maximum Gasteiger partial charge on any atom is 0.231 e. The van der Waals surface area contributed by atoms with Gasteiger partial charge in [0.25, 0.3) is 0 Å². The van der Waals surface area contributed by atoms with Gasteiger partial charge in [-0.25, -0.2) is 0 Å². The molecule has 0 N–H and O–H groups in total. The van der Waals surface area contributed by atoms with Crippen molar-refractivity contribution < 1.29 is 9.36 Å². The van der Waals surface area contributed by atoms with Crippen molar-refractivity contribution in [3.63, 3.8) is 0 Å². The number of hydrogen-bond acceptors (Lipinski definition) is 2. The van der Waals surface area contributed by atoms with Crippen molar-refractivity contribution in [3.05, 3.63) is 0 Å². The van der Waals surface area contributed by atoms with E-state index in [4.69, 9.17) is 0 Å². The molecule has 0 aliphatic rings. The summed E-state index contributed by atoms with van der Waals surface area (Å²) in [5.41, 5.74) is -0.241. The molecule has 2 nitrogen and oxygen atoms in total. The summed E-state index contributed by atoms with van der Waals surface area (Å²) in [6.07, 6.45) is 0.366. The third kappa shape index (κ3) is 2.04. The van der Waals surface area contributed by atoms with Crippen LogP contribution in [0.4, 0.5) is 0 Å². The van der Waals surface area contributed by atoms with E-state index in [-0.39, 0.29) is 14.0 Å². The molecule has 0 amide bonds. The van der Waals surface area contributed by atoms with Gasteiger partial charge in [0, 0.05) is 6.42 Å². The molecule has 0 spiro atoms. The highest BCUT2D eigenvalue weighted by Gasteiger charge is 1.89. The number of carbonyl (C=O) groups excluding carboxylic acids is 1. The summed E-state index contributed by atoms with van der Waals surface area (Å²) in [7, 11) is -0.361. The highest BCUT2D eigenvalue weighted by Crippen LogP contribution is 1.95. The molecule has 0 aliphatic heterocycles. The monoisotopic (exact) mass is 104 g/mol. The lowest BCUT2D eigenvalue weighted by Gasteiger charge is -1.69. The zero-order chi connectivity index (χ0) is 4.99. The smallest absolute Gasteiger partial charge is 0.231 e. The highest BCUT2D eigenvalue weighted by atomic mass is 31.1. The lowest BCUT2D eigenvalue weighted by molar-refractivity contribution is -0.111. The number of carbonyl (C=O) groups is 1. The van der Waals surface area contributed by atoms with Gasteiger partial charge in [-0.2, -0.15) is 0 Å². The first-order valence-corrected chi connectivity index (χ1v) is 2.48. The molecule has 0 radical (unpaired) electrons. The second-order valence-corrected chi connectivity index (χ2v) is 1.52. The van der Waals surface area contributed by atoms with E-state index in [0.717, 1.165) is 0 Å². The van der Waals surface area contributed by atoms with Crippen LogP contribution in [0.15, 0.2) is 0 Å². The van der Waals surface area contributed by atoms with Crippen LogP contribution in [-0.4, -0.2) is 5.52 Å². The maximum atomic E-state index is 9.86. The van der Waals surface area contributed by atoms with Crippen LogP contribution in [0.5, 0.6) is 0 Å². The maximum absolute atomic E-state index is 9.86. The quantitative estimate of drug-likeness (QED) is 0.493. The summed E-state index contributed by atoms with van der Waals surface area (Å²) in [5, 5.41) is 0. The van der Waals surface area contributed by atoms with E-state index in [0.29, 0.717) is 6.42 Å². The van der Waals surface area contributed by atoms with Crippen molar-refractivity contribution in [3.8, 4) is 0 Å². The largest absolute Gasteiger partial charge is 0.286 e. The summed E-state index contributed by atoms with van der Waals surface area (Å²) >= 11 is 0. The Kier molecular flexibility index (Phi) is 2.87. The first-order valence-electron chi connectivity index (χ1n) is 1.67. The van der Waals surface area contributed by atoms with E-state index >= 15 is 0 Å². The molecule has 0 rings (SSSR count). The average Bonchev–Trinajstić information content (AvgIpc) is 1.65. The fourth-order valence-corrected chi connectivity index (χ4v) is 0.194. The minimum absolute atomic E-state index is 0.241. The Morgan fingerprint density at radius 3 is 2.33 bits per heavy atom. The molecule has 34 valence electrons. The molecule has 6 heavy (non-hydrogen) atoms.